The van der Waals surface area contributed by atoms with E-state index in [1.165, 1.54) is 6.07 Å². The van der Waals surface area contributed by atoms with Crippen molar-refractivity contribution in [1.29, 1.82) is 0 Å². The van der Waals surface area contributed by atoms with E-state index in [1.807, 2.05) is 13.0 Å². The van der Waals surface area contributed by atoms with E-state index in [4.69, 9.17) is 0 Å². The van der Waals surface area contributed by atoms with Gasteiger partial charge >= 0.3 is 0 Å². The Bertz CT molecular complexity index is 687. The van der Waals surface area contributed by atoms with Crippen molar-refractivity contribution in [3.05, 3.63) is 40.2 Å². The molecule has 1 N–H and O–H groups in total. The molecule has 0 radical (unpaired) electrons. The molecular weight excluding hydrogens is 258 g/mol. The second-order valence-electron chi connectivity index (χ2n) is 5.12. The number of fused-ring (bicyclic) bond motifs is 1. The van der Waals surface area contributed by atoms with E-state index in [1.54, 1.807) is 12.3 Å². The number of hydrogen-bond donors (Lipinski definition) is 1. The maximum Gasteiger partial charge on any atom is 0.278 e. The van der Waals surface area contributed by atoms with Crippen molar-refractivity contribution >= 4 is 22.1 Å². The molecule has 0 amide bonds. The molecule has 1 aliphatic heterocycles. The monoisotopic (exact) mass is 273 g/mol. The summed E-state index contributed by atoms with van der Waals surface area (Å²) in [7, 11) is 0. The first-order chi connectivity index (χ1) is 9.56. The molecule has 0 spiro atoms. The summed E-state index contributed by atoms with van der Waals surface area (Å²) in [5.74, 6) is 0. The van der Waals surface area contributed by atoms with Crippen LogP contribution in [0.1, 0.15) is 12.1 Å². The van der Waals surface area contributed by atoms with Crippen LogP contribution in [0.2, 0.25) is 0 Å². The van der Waals surface area contributed by atoms with Gasteiger partial charge in [0.1, 0.15) is 0 Å². The maximum atomic E-state index is 11.1. The number of β-amino-alcohol motifs (C(OH)–C–C–N with tert-alkyl or cyclic N) is 1. The third kappa shape index (κ3) is 2.08. The van der Waals surface area contributed by atoms with Gasteiger partial charge in [0.2, 0.25) is 0 Å². The number of aromatic nitrogens is 1. The highest BCUT2D eigenvalue weighted by atomic mass is 16.6. The second-order valence-corrected chi connectivity index (χ2v) is 5.12. The molecule has 1 saturated heterocycles. The SMILES string of the molecule is Cc1cc2c(N3CCC(O)C3)ccc([N+](=O)[O-])c2cn1. The average molecular weight is 273 g/mol. The summed E-state index contributed by atoms with van der Waals surface area (Å²) < 4.78 is 0. The number of nitrogens with zero attached hydrogens (tertiary/aromatic N) is 3. The van der Waals surface area contributed by atoms with Gasteiger partial charge in [-0.2, -0.15) is 0 Å². The van der Waals surface area contributed by atoms with Crippen molar-refractivity contribution in [3.63, 3.8) is 0 Å². The highest BCUT2D eigenvalue weighted by Gasteiger charge is 2.24. The van der Waals surface area contributed by atoms with Crippen LogP contribution in [0.25, 0.3) is 10.8 Å². The van der Waals surface area contributed by atoms with Gasteiger partial charge in [0, 0.05) is 42.1 Å². The van der Waals surface area contributed by atoms with Crippen molar-refractivity contribution in [3.8, 4) is 0 Å². The molecule has 1 unspecified atom stereocenters. The zero-order chi connectivity index (χ0) is 14.3. The van der Waals surface area contributed by atoms with Gasteiger partial charge in [-0.05, 0) is 25.5 Å². The van der Waals surface area contributed by atoms with Crippen LogP contribution in [0.5, 0.6) is 0 Å². The standard InChI is InChI=1S/C14H15N3O3/c1-9-6-11-12(7-15-9)14(17(19)20)3-2-13(11)16-5-4-10(18)8-16/h2-3,6-7,10,18H,4-5,8H2,1H3. The first-order valence-electron chi connectivity index (χ1n) is 6.53. The number of aryl methyl sites for hydroxylation is 1. The van der Waals surface area contributed by atoms with E-state index in [0.717, 1.165) is 29.7 Å². The van der Waals surface area contributed by atoms with Crippen LogP contribution in [0, 0.1) is 17.0 Å². The van der Waals surface area contributed by atoms with Crippen LogP contribution >= 0.6 is 0 Å². The van der Waals surface area contributed by atoms with Crippen molar-refractivity contribution in [1.82, 2.24) is 4.98 Å². The molecule has 1 aliphatic rings. The van der Waals surface area contributed by atoms with E-state index in [2.05, 4.69) is 9.88 Å². The summed E-state index contributed by atoms with van der Waals surface area (Å²) in [4.78, 5) is 16.9. The van der Waals surface area contributed by atoms with Gasteiger partial charge in [-0.1, -0.05) is 0 Å². The molecule has 2 aromatic rings. The molecule has 20 heavy (non-hydrogen) atoms. The van der Waals surface area contributed by atoms with Crippen LogP contribution < -0.4 is 4.90 Å². The first-order valence-corrected chi connectivity index (χ1v) is 6.53. The Morgan fingerprint density at radius 2 is 2.25 bits per heavy atom. The quantitative estimate of drug-likeness (QED) is 0.669. The molecule has 1 atom stereocenters. The summed E-state index contributed by atoms with van der Waals surface area (Å²) in [6, 6.07) is 5.14. The second kappa shape index (κ2) is 4.72. The van der Waals surface area contributed by atoms with Crippen LogP contribution in [0.15, 0.2) is 24.4 Å². The number of nitro groups is 1. The Kier molecular flexibility index (Phi) is 3.02. The number of nitro benzene ring substituents is 1. The Balaban J connectivity index is 2.20. The van der Waals surface area contributed by atoms with E-state index in [9.17, 15) is 15.2 Å². The van der Waals surface area contributed by atoms with Gasteiger partial charge in [0.05, 0.1) is 16.4 Å². The fraction of sp³-hybridized carbons (Fsp3) is 0.357. The zero-order valence-electron chi connectivity index (χ0n) is 11.1. The summed E-state index contributed by atoms with van der Waals surface area (Å²) >= 11 is 0. The molecule has 0 aliphatic carbocycles. The van der Waals surface area contributed by atoms with Gasteiger partial charge in [-0.15, -0.1) is 0 Å². The molecule has 1 aromatic carbocycles. The largest absolute Gasteiger partial charge is 0.391 e. The lowest BCUT2D eigenvalue weighted by Gasteiger charge is -2.20. The molecule has 0 saturated carbocycles. The Morgan fingerprint density at radius 1 is 1.45 bits per heavy atom. The van der Waals surface area contributed by atoms with Crippen LogP contribution in [-0.2, 0) is 0 Å². The molecular formula is C14H15N3O3. The van der Waals surface area contributed by atoms with Crippen LogP contribution in [0.3, 0.4) is 0 Å². The minimum atomic E-state index is -0.387. The van der Waals surface area contributed by atoms with Crippen molar-refractivity contribution in [2.45, 2.75) is 19.4 Å². The molecule has 2 heterocycles. The van der Waals surface area contributed by atoms with Gasteiger partial charge in [-0.3, -0.25) is 15.1 Å². The minimum Gasteiger partial charge on any atom is -0.391 e. The normalized spacial score (nSPS) is 18.7. The summed E-state index contributed by atoms with van der Waals surface area (Å²) in [5, 5.41) is 22.1. The number of aliphatic hydroxyl groups excluding tert-OH is 1. The van der Waals surface area contributed by atoms with Crippen molar-refractivity contribution in [2.75, 3.05) is 18.0 Å². The van der Waals surface area contributed by atoms with Gasteiger partial charge in [0.25, 0.3) is 5.69 Å². The Morgan fingerprint density at radius 3 is 2.90 bits per heavy atom. The lowest BCUT2D eigenvalue weighted by atomic mass is 10.1. The third-order valence-corrected chi connectivity index (χ3v) is 3.69. The molecule has 6 nitrogen and oxygen atoms in total. The predicted molar refractivity (Wildman–Crippen MR) is 76.0 cm³/mol. The van der Waals surface area contributed by atoms with Crippen LogP contribution in [-0.4, -0.2) is 34.2 Å². The van der Waals surface area contributed by atoms with Gasteiger partial charge < -0.3 is 10.0 Å². The zero-order valence-corrected chi connectivity index (χ0v) is 11.1. The Labute approximate surface area is 115 Å². The lowest BCUT2D eigenvalue weighted by molar-refractivity contribution is -0.383. The van der Waals surface area contributed by atoms with Gasteiger partial charge in [0.15, 0.2) is 0 Å². The maximum absolute atomic E-state index is 11.1. The highest BCUT2D eigenvalue weighted by Crippen LogP contribution is 2.34. The predicted octanol–water partition coefficient (Wildman–Crippen LogP) is 2.02. The molecule has 1 aromatic heterocycles. The van der Waals surface area contributed by atoms with Gasteiger partial charge in [-0.25, -0.2) is 0 Å². The number of pyridine rings is 1. The fourth-order valence-corrected chi connectivity index (χ4v) is 2.71. The molecule has 1 fully saturated rings. The van der Waals surface area contributed by atoms with E-state index in [-0.39, 0.29) is 16.7 Å². The van der Waals surface area contributed by atoms with Crippen molar-refractivity contribution < 1.29 is 10.0 Å². The topological polar surface area (TPSA) is 79.5 Å². The molecule has 0 bridgehead atoms. The Hall–Kier alpha value is -2.21. The average Bonchev–Trinajstić information content (AvgIpc) is 2.83. The lowest BCUT2D eigenvalue weighted by Crippen LogP contribution is -2.21. The number of anilines is 1. The minimum absolute atomic E-state index is 0.0657. The number of aliphatic hydroxyl groups is 1. The van der Waals surface area contributed by atoms with E-state index in [0.29, 0.717) is 11.9 Å². The number of non-ortho nitro benzene ring substituents is 1. The summed E-state index contributed by atoms with van der Waals surface area (Å²) in [6.45, 7) is 3.19. The van der Waals surface area contributed by atoms with E-state index >= 15 is 0 Å². The number of benzene rings is 1. The molecule has 104 valence electrons. The highest BCUT2D eigenvalue weighted by molar-refractivity contribution is 5.99. The van der Waals surface area contributed by atoms with Crippen molar-refractivity contribution in [2.24, 2.45) is 0 Å². The number of rotatable bonds is 2. The molecule has 3 rings (SSSR count). The fourth-order valence-electron chi connectivity index (χ4n) is 2.71. The smallest absolute Gasteiger partial charge is 0.278 e. The van der Waals surface area contributed by atoms with Crippen LogP contribution in [0.4, 0.5) is 11.4 Å². The summed E-state index contributed by atoms with van der Waals surface area (Å²) in [5.41, 5.74) is 1.81. The third-order valence-electron chi connectivity index (χ3n) is 3.69. The number of hydrogen-bond acceptors (Lipinski definition) is 5. The summed E-state index contributed by atoms with van der Waals surface area (Å²) in [6.07, 6.45) is 1.95. The van der Waals surface area contributed by atoms with E-state index < -0.39 is 0 Å². The molecule has 6 heteroatoms. The first kappa shape index (κ1) is 12.8.